The maximum Gasteiger partial charge on any atom is 0.230 e. The lowest BCUT2D eigenvalue weighted by Gasteiger charge is -2.11. The minimum Gasteiger partial charge on any atom is -0.457 e. The van der Waals surface area contributed by atoms with Crippen LogP contribution in [0.4, 0.5) is 0 Å². The van der Waals surface area contributed by atoms with Gasteiger partial charge in [0.15, 0.2) is 14.7 Å². The Bertz CT molecular complexity index is 1050. The molecule has 0 aliphatic carbocycles. The highest BCUT2D eigenvalue weighted by atomic mass is 127. The van der Waals surface area contributed by atoms with E-state index in [1.54, 1.807) is 0 Å². The molecule has 0 aromatic heterocycles. The topological polar surface area (TPSA) is 18.5 Å². The zero-order chi connectivity index (χ0) is 20.8. The molecule has 0 N–H and O–H groups in total. The van der Waals surface area contributed by atoms with Crippen LogP contribution < -0.4 is 9.47 Å². The third-order valence-electron chi connectivity index (χ3n) is 4.35. The molecule has 2 nitrogen and oxygen atoms in total. The molecule has 4 aromatic carbocycles. The third kappa shape index (κ3) is 5.39. The summed E-state index contributed by atoms with van der Waals surface area (Å²) < 4.78 is 13.6. The van der Waals surface area contributed by atoms with Crippen LogP contribution in [0.1, 0.15) is 0 Å². The van der Waals surface area contributed by atoms with Crippen LogP contribution in [0.3, 0.4) is 0 Å². The molecule has 0 aliphatic heterocycles. The van der Waals surface area contributed by atoms with Gasteiger partial charge in [0.1, 0.15) is 11.5 Å². The van der Waals surface area contributed by atoms with E-state index >= 15 is 0 Å². The second kappa shape index (κ2) is 10.4. The maximum atomic E-state index is 5.81. The molecular weight excluding hydrogens is 571 g/mol. The zero-order valence-electron chi connectivity index (χ0n) is 16.0. The largest absolute Gasteiger partial charge is 0.457 e. The van der Waals surface area contributed by atoms with Crippen molar-refractivity contribution >= 4 is 49.4 Å². The fourth-order valence-electron chi connectivity index (χ4n) is 2.95. The minimum atomic E-state index is -0.156. The SMILES string of the molecule is Brc1ccc(OCOc2ccc([S+](c3ccccc3)c3ccccc3)cc2)c(I)c1. The van der Waals surface area contributed by atoms with Crippen LogP contribution in [0, 0.1) is 3.57 Å². The molecule has 30 heavy (non-hydrogen) atoms. The molecule has 5 heteroatoms. The molecule has 4 rings (SSSR count). The summed E-state index contributed by atoms with van der Waals surface area (Å²) in [7, 11) is -0.156. The summed E-state index contributed by atoms with van der Waals surface area (Å²) in [5.74, 6) is 1.60. The molecule has 0 bridgehead atoms. The lowest BCUT2D eigenvalue weighted by Crippen LogP contribution is -2.07. The summed E-state index contributed by atoms with van der Waals surface area (Å²) >= 11 is 5.72. The quantitative estimate of drug-likeness (QED) is 0.126. The Kier molecular flexibility index (Phi) is 7.36. The third-order valence-corrected chi connectivity index (χ3v) is 7.92. The Morgan fingerprint density at radius 1 is 0.667 bits per heavy atom. The van der Waals surface area contributed by atoms with E-state index in [-0.39, 0.29) is 17.7 Å². The summed E-state index contributed by atoms with van der Waals surface area (Å²) in [5.41, 5.74) is 0. The molecule has 0 spiro atoms. The highest BCUT2D eigenvalue weighted by Gasteiger charge is 2.28. The van der Waals surface area contributed by atoms with Crippen LogP contribution in [0.2, 0.25) is 0 Å². The normalized spacial score (nSPS) is 10.8. The number of ether oxygens (including phenoxy) is 2. The number of hydrogen-bond donors (Lipinski definition) is 0. The van der Waals surface area contributed by atoms with Crippen LogP contribution in [-0.2, 0) is 10.9 Å². The van der Waals surface area contributed by atoms with E-state index in [1.807, 2.05) is 30.3 Å². The van der Waals surface area contributed by atoms with Crippen molar-refractivity contribution in [2.75, 3.05) is 6.79 Å². The van der Waals surface area contributed by atoms with E-state index in [1.165, 1.54) is 14.7 Å². The first-order chi connectivity index (χ1) is 14.7. The summed E-state index contributed by atoms with van der Waals surface area (Å²) in [6.45, 7) is 0.167. The molecule has 0 saturated carbocycles. The number of hydrogen-bond acceptors (Lipinski definition) is 2. The zero-order valence-corrected chi connectivity index (χ0v) is 20.6. The van der Waals surface area contributed by atoms with Crippen LogP contribution >= 0.6 is 38.5 Å². The van der Waals surface area contributed by atoms with Gasteiger partial charge in [-0.1, -0.05) is 52.3 Å². The van der Waals surface area contributed by atoms with Gasteiger partial charge in [0, 0.05) is 4.47 Å². The number of benzene rings is 4. The van der Waals surface area contributed by atoms with Gasteiger partial charge in [0.2, 0.25) is 6.79 Å². The van der Waals surface area contributed by atoms with Gasteiger partial charge < -0.3 is 9.47 Å². The molecule has 150 valence electrons. The first-order valence-corrected chi connectivity index (χ1v) is 12.5. The van der Waals surface area contributed by atoms with Crippen molar-refractivity contribution in [3.63, 3.8) is 0 Å². The van der Waals surface area contributed by atoms with Crippen LogP contribution in [0.5, 0.6) is 11.5 Å². The Morgan fingerprint density at radius 2 is 1.23 bits per heavy atom. The minimum absolute atomic E-state index is 0.156. The molecule has 0 heterocycles. The highest BCUT2D eigenvalue weighted by Crippen LogP contribution is 2.32. The lowest BCUT2D eigenvalue weighted by atomic mass is 10.3. The Labute approximate surface area is 201 Å². The van der Waals surface area contributed by atoms with Crippen LogP contribution in [0.25, 0.3) is 0 Å². The van der Waals surface area contributed by atoms with Crippen LogP contribution in [0.15, 0.2) is 122 Å². The fraction of sp³-hybridized carbons (Fsp3) is 0.0400. The van der Waals surface area contributed by atoms with E-state index in [0.717, 1.165) is 19.5 Å². The van der Waals surface area contributed by atoms with Crippen molar-refractivity contribution < 1.29 is 9.47 Å². The molecular formula is C25H19BrIO2S+. The van der Waals surface area contributed by atoms with E-state index in [2.05, 4.69) is 111 Å². The fourth-order valence-corrected chi connectivity index (χ4v) is 6.49. The average molecular weight is 590 g/mol. The van der Waals surface area contributed by atoms with Gasteiger partial charge in [0.05, 0.1) is 14.5 Å². The van der Waals surface area contributed by atoms with Crippen molar-refractivity contribution in [1.29, 1.82) is 0 Å². The summed E-state index contributed by atoms with van der Waals surface area (Å²) in [4.78, 5) is 3.85. The first-order valence-electron chi connectivity index (χ1n) is 9.36. The van der Waals surface area contributed by atoms with E-state index in [9.17, 15) is 0 Å². The second-order valence-electron chi connectivity index (χ2n) is 6.38. The van der Waals surface area contributed by atoms with Crippen molar-refractivity contribution in [2.24, 2.45) is 0 Å². The average Bonchev–Trinajstić information content (AvgIpc) is 2.78. The standard InChI is InChI=1S/C25H19BrIO2S/c26-19-11-16-25(24(27)17-19)29-18-28-20-12-14-23(15-13-20)30(21-7-3-1-4-8-21)22-9-5-2-6-10-22/h1-17H,18H2/q+1. The summed E-state index contributed by atoms with van der Waals surface area (Å²) in [6, 6.07) is 35.4. The van der Waals surface area contributed by atoms with Gasteiger partial charge in [-0.3, -0.25) is 0 Å². The number of halogens is 2. The van der Waals surface area contributed by atoms with Crippen LogP contribution in [-0.4, -0.2) is 6.79 Å². The van der Waals surface area contributed by atoms with Gasteiger partial charge in [-0.15, -0.1) is 0 Å². The Balaban J connectivity index is 1.48. The van der Waals surface area contributed by atoms with Gasteiger partial charge in [-0.2, -0.15) is 0 Å². The van der Waals surface area contributed by atoms with Gasteiger partial charge in [-0.25, -0.2) is 0 Å². The molecule has 0 saturated heterocycles. The monoisotopic (exact) mass is 589 g/mol. The van der Waals surface area contributed by atoms with E-state index in [4.69, 9.17) is 9.47 Å². The van der Waals surface area contributed by atoms with Crippen molar-refractivity contribution in [2.45, 2.75) is 14.7 Å². The van der Waals surface area contributed by atoms with Gasteiger partial charge >= 0.3 is 0 Å². The van der Waals surface area contributed by atoms with Crippen molar-refractivity contribution in [3.8, 4) is 11.5 Å². The molecule has 0 unspecified atom stereocenters. The smallest absolute Gasteiger partial charge is 0.230 e. The lowest BCUT2D eigenvalue weighted by molar-refractivity contribution is 0.119. The van der Waals surface area contributed by atoms with Gasteiger partial charge in [0.25, 0.3) is 0 Å². The predicted molar refractivity (Wildman–Crippen MR) is 134 cm³/mol. The Morgan fingerprint density at radius 3 is 1.80 bits per heavy atom. The second-order valence-corrected chi connectivity index (χ2v) is 10.5. The van der Waals surface area contributed by atoms with E-state index < -0.39 is 0 Å². The molecule has 4 aromatic rings. The number of rotatable bonds is 7. The Hall–Kier alpha value is -1.96. The summed E-state index contributed by atoms with van der Waals surface area (Å²) in [5, 5.41) is 0. The molecule has 0 atom stereocenters. The van der Waals surface area contributed by atoms with Gasteiger partial charge in [-0.05, 0) is 89.3 Å². The molecule has 0 fully saturated rings. The van der Waals surface area contributed by atoms with Crippen molar-refractivity contribution in [3.05, 3.63) is 111 Å². The summed E-state index contributed by atoms with van der Waals surface area (Å²) in [6.07, 6.45) is 0. The van der Waals surface area contributed by atoms with E-state index in [0.29, 0.717) is 0 Å². The molecule has 0 radical (unpaired) electrons. The molecule has 0 aliphatic rings. The van der Waals surface area contributed by atoms with Crippen molar-refractivity contribution in [1.82, 2.24) is 0 Å². The molecule has 0 amide bonds. The highest BCUT2D eigenvalue weighted by molar-refractivity contribution is 14.1. The maximum absolute atomic E-state index is 5.81. The first kappa shape index (κ1) is 21.3. The predicted octanol–water partition coefficient (Wildman–Crippen LogP) is 7.56.